The van der Waals surface area contributed by atoms with Crippen LogP contribution in [0.15, 0.2) is 54.9 Å². The van der Waals surface area contributed by atoms with Gasteiger partial charge in [0.25, 0.3) is 0 Å². The first-order valence-electron chi connectivity index (χ1n) is 6.99. The highest BCUT2D eigenvalue weighted by atomic mass is 15.2. The average Bonchev–Trinajstić information content (AvgIpc) is 2.89. The summed E-state index contributed by atoms with van der Waals surface area (Å²) in [6, 6.07) is 14.7. The lowest BCUT2D eigenvalue weighted by atomic mass is 10.0. The van der Waals surface area contributed by atoms with E-state index in [0.717, 1.165) is 17.7 Å². The Balaban J connectivity index is 1.78. The number of fused-ring (bicyclic) bond motifs is 1. The number of hydrogen-bond acceptors (Lipinski definition) is 2. The fourth-order valence-electron chi connectivity index (χ4n) is 2.33. The molecule has 3 nitrogen and oxygen atoms in total. The van der Waals surface area contributed by atoms with Gasteiger partial charge in [0, 0.05) is 24.0 Å². The van der Waals surface area contributed by atoms with Crippen LogP contribution in [0, 0.1) is 0 Å². The van der Waals surface area contributed by atoms with E-state index < -0.39 is 0 Å². The summed E-state index contributed by atoms with van der Waals surface area (Å²) >= 11 is 0. The van der Waals surface area contributed by atoms with Crippen molar-refractivity contribution >= 4 is 11.2 Å². The van der Waals surface area contributed by atoms with Gasteiger partial charge in [0.1, 0.15) is 0 Å². The summed E-state index contributed by atoms with van der Waals surface area (Å²) < 4.78 is 1.90. The first-order valence-corrected chi connectivity index (χ1v) is 6.99. The van der Waals surface area contributed by atoms with Gasteiger partial charge in [-0.3, -0.25) is 0 Å². The maximum atomic E-state index is 4.35. The Morgan fingerprint density at radius 3 is 2.90 bits per heavy atom. The molecule has 1 N–H and O–H groups in total. The van der Waals surface area contributed by atoms with Crippen LogP contribution in [-0.2, 0) is 6.54 Å². The van der Waals surface area contributed by atoms with Gasteiger partial charge in [0.15, 0.2) is 0 Å². The predicted molar refractivity (Wildman–Crippen MR) is 83.0 cm³/mol. The smallest absolute Gasteiger partial charge is 0.0711 e. The van der Waals surface area contributed by atoms with Crippen LogP contribution in [0.25, 0.3) is 5.52 Å². The summed E-state index contributed by atoms with van der Waals surface area (Å²) in [5.74, 6) is 0.550. The second-order valence-electron chi connectivity index (χ2n) is 5.33. The van der Waals surface area contributed by atoms with E-state index in [1.807, 2.05) is 29.0 Å². The van der Waals surface area contributed by atoms with Crippen molar-refractivity contribution < 1.29 is 0 Å². The lowest BCUT2D eigenvalue weighted by molar-refractivity contribution is 0.866. The molecule has 0 radical (unpaired) electrons. The third-order valence-corrected chi connectivity index (χ3v) is 3.54. The predicted octanol–water partition coefficient (Wildman–Crippen LogP) is 4.07. The van der Waals surface area contributed by atoms with Gasteiger partial charge in [0.2, 0.25) is 0 Å². The summed E-state index contributed by atoms with van der Waals surface area (Å²) in [5, 5.41) is 7.83. The SMILES string of the molecule is CC(C)c1cccc(NCc2cnn3ccccc23)c1. The largest absolute Gasteiger partial charge is 0.381 e. The maximum absolute atomic E-state index is 4.35. The van der Waals surface area contributed by atoms with Crippen LogP contribution in [0.4, 0.5) is 5.69 Å². The molecule has 2 heterocycles. The minimum atomic E-state index is 0.550. The molecule has 0 unspecified atom stereocenters. The van der Waals surface area contributed by atoms with E-state index in [-0.39, 0.29) is 0 Å². The second kappa shape index (κ2) is 5.37. The Labute approximate surface area is 119 Å². The van der Waals surface area contributed by atoms with E-state index in [1.165, 1.54) is 11.1 Å². The van der Waals surface area contributed by atoms with Crippen LogP contribution in [-0.4, -0.2) is 9.61 Å². The molecule has 0 fully saturated rings. The summed E-state index contributed by atoms with van der Waals surface area (Å²) in [6.45, 7) is 5.21. The Kier molecular flexibility index (Phi) is 3.42. The van der Waals surface area contributed by atoms with Crippen molar-refractivity contribution in [1.82, 2.24) is 9.61 Å². The average molecular weight is 265 g/mol. The lowest BCUT2D eigenvalue weighted by Gasteiger charge is -2.10. The third kappa shape index (κ3) is 2.52. The highest BCUT2D eigenvalue weighted by Crippen LogP contribution is 2.19. The van der Waals surface area contributed by atoms with Crippen LogP contribution >= 0.6 is 0 Å². The van der Waals surface area contributed by atoms with Crippen molar-refractivity contribution in [3.63, 3.8) is 0 Å². The molecule has 0 aliphatic carbocycles. The van der Waals surface area contributed by atoms with E-state index in [9.17, 15) is 0 Å². The van der Waals surface area contributed by atoms with Gasteiger partial charge in [0.05, 0.1) is 11.7 Å². The maximum Gasteiger partial charge on any atom is 0.0711 e. The van der Waals surface area contributed by atoms with Gasteiger partial charge in [-0.15, -0.1) is 0 Å². The monoisotopic (exact) mass is 265 g/mol. The molecule has 0 bridgehead atoms. The molecule has 3 aromatic rings. The summed E-state index contributed by atoms with van der Waals surface area (Å²) in [4.78, 5) is 0. The number of nitrogens with zero attached hydrogens (tertiary/aromatic N) is 2. The quantitative estimate of drug-likeness (QED) is 0.770. The molecule has 0 spiro atoms. The van der Waals surface area contributed by atoms with Crippen molar-refractivity contribution in [1.29, 1.82) is 0 Å². The molecule has 0 amide bonds. The molecule has 3 rings (SSSR count). The van der Waals surface area contributed by atoms with Gasteiger partial charge < -0.3 is 5.32 Å². The van der Waals surface area contributed by atoms with Gasteiger partial charge >= 0.3 is 0 Å². The first kappa shape index (κ1) is 12.7. The minimum Gasteiger partial charge on any atom is -0.381 e. The summed E-state index contributed by atoms with van der Waals surface area (Å²) in [7, 11) is 0. The molecule has 0 saturated heterocycles. The number of rotatable bonds is 4. The molecule has 102 valence electrons. The summed E-state index contributed by atoms with van der Waals surface area (Å²) in [6.07, 6.45) is 3.90. The molecule has 0 atom stereocenters. The van der Waals surface area contributed by atoms with E-state index in [4.69, 9.17) is 0 Å². The van der Waals surface area contributed by atoms with E-state index >= 15 is 0 Å². The Bertz CT molecular complexity index is 713. The molecular weight excluding hydrogens is 246 g/mol. The molecule has 0 saturated carbocycles. The number of aromatic nitrogens is 2. The van der Waals surface area contributed by atoms with Gasteiger partial charge in [-0.2, -0.15) is 5.10 Å². The fraction of sp³-hybridized carbons (Fsp3) is 0.235. The van der Waals surface area contributed by atoms with E-state index in [0.29, 0.717) is 5.92 Å². The second-order valence-corrected chi connectivity index (χ2v) is 5.33. The zero-order valence-electron chi connectivity index (χ0n) is 11.9. The van der Waals surface area contributed by atoms with Crippen molar-refractivity contribution in [3.8, 4) is 0 Å². The lowest BCUT2D eigenvalue weighted by Crippen LogP contribution is -2.00. The van der Waals surface area contributed by atoms with Crippen molar-refractivity contribution in [2.45, 2.75) is 26.3 Å². The zero-order valence-corrected chi connectivity index (χ0v) is 11.9. The number of benzene rings is 1. The highest BCUT2D eigenvalue weighted by Gasteiger charge is 2.04. The molecule has 3 heteroatoms. The molecule has 20 heavy (non-hydrogen) atoms. The number of nitrogens with one attached hydrogen (secondary N) is 1. The van der Waals surface area contributed by atoms with Crippen LogP contribution in [0.1, 0.15) is 30.9 Å². The summed E-state index contributed by atoms with van der Waals surface area (Å²) in [5.41, 5.74) is 4.88. The molecule has 0 aliphatic heterocycles. The first-order chi connectivity index (χ1) is 9.74. The minimum absolute atomic E-state index is 0.550. The van der Waals surface area contributed by atoms with Crippen LogP contribution in [0.2, 0.25) is 0 Å². The molecule has 0 aliphatic rings. The normalized spacial score (nSPS) is 11.2. The number of anilines is 1. The molecular formula is C17H19N3. The Hall–Kier alpha value is -2.29. The molecule has 1 aromatic carbocycles. The van der Waals surface area contributed by atoms with Crippen molar-refractivity contribution in [3.05, 3.63) is 66.0 Å². The van der Waals surface area contributed by atoms with Crippen LogP contribution in [0.3, 0.4) is 0 Å². The standard InChI is InChI=1S/C17H19N3/c1-13(2)14-6-5-7-16(10-14)18-11-15-12-19-20-9-4-3-8-17(15)20/h3-10,12-13,18H,11H2,1-2H3. The number of hydrogen-bond donors (Lipinski definition) is 1. The van der Waals surface area contributed by atoms with Gasteiger partial charge in [-0.25, -0.2) is 4.52 Å². The van der Waals surface area contributed by atoms with Gasteiger partial charge in [-0.05, 0) is 35.7 Å². The Morgan fingerprint density at radius 1 is 1.15 bits per heavy atom. The zero-order chi connectivity index (χ0) is 13.9. The molecule has 2 aromatic heterocycles. The third-order valence-electron chi connectivity index (χ3n) is 3.54. The topological polar surface area (TPSA) is 29.3 Å². The van der Waals surface area contributed by atoms with Crippen molar-refractivity contribution in [2.24, 2.45) is 0 Å². The van der Waals surface area contributed by atoms with Crippen LogP contribution in [0.5, 0.6) is 0 Å². The van der Waals surface area contributed by atoms with Crippen LogP contribution < -0.4 is 5.32 Å². The Morgan fingerprint density at radius 2 is 2.05 bits per heavy atom. The highest BCUT2D eigenvalue weighted by molar-refractivity contribution is 5.55. The number of pyridine rings is 1. The fourth-order valence-corrected chi connectivity index (χ4v) is 2.33. The van der Waals surface area contributed by atoms with Gasteiger partial charge in [-0.1, -0.05) is 32.0 Å². The van der Waals surface area contributed by atoms with Crippen molar-refractivity contribution in [2.75, 3.05) is 5.32 Å². The van der Waals surface area contributed by atoms with E-state index in [1.54, 1.807) is 0 Å². The van der Waals surface area contributed by atoms with E-state index in [2.05, 4.69) is 54.6 Å².